The zero-order valence-corrected chi connectivity index (χ0v) is 25.8. The van der Waals surface area contributed by atoms with E-state index in [9.17, 15) is 9.59 Å². The van der Waals surface area contributed by atoms with Crippen molar-refractivity contribution < 1.29 is 40.9 Å². The second-order valence-corrected chi connectivity index (χ2v) is 16.0. The van der Waals surface area contributed by atoms with Gasteiger partial charge in [-0.3, -0.25) is 9.59 Å². The highest BCUT2D eigenvalue weighted by atomic mass is 32.2. The van der Waals surface area contributed by atoms with Gasteiger partial charge in [0.2, 0.25) is 0 Å². The number of rotatable bonds is 18. The van der Waals surface area contributed by atoms with E-state index in [1.165, 1.54) is 0 Å². The maximum atomic E-state index is 10.2. The molecule has 1 aliphatic rings. The molecule has 0 N–H and O–H groups in total. The van der Waals surface area contributed by atoms with Crippen LogP contribution in [-0.2, 0) is 40.9 Å². The Morgan fingerprint density at radius 2 is 1.03 bits per heavy atom. The van der Waals surface area contributed by atoms with Gasteiger partial charge in [-0.15, -0.1) is 0 Å². The normalized spacial score (nSPS) is 16.3. The van der Waals surface area contributed by atoms with Crippen molar-refractivity contribution in [3.63, 3.8) is 0 Å². The molecule has 0 aromatic heterocycles. The van der Waals surface area contributed by atoms with E-state index in [0.717, 1.165) is 50.0 Å². The molecule has 1 fully saturated rings. The molecule has 0 saturated carbocycles. The highest BCUT2D eigenvalue weighted by Crippen LogP contribution is 2.35. The van der Waals surface area contributed by atoms with Crippen LogP contribution in [0.3, 0.4) is 0 Å². The summed E-state index contributed by atoms with van der Waals surface area (Å²) in [7, 11) is 5.07. The van der Waals surface area contributed by atoms with Gasteiger partial charge in [0.15, 0.2) is 0 Å². The number of cyclic esters (lactones) is 2. The summed E-state index contributed by atoms with van der Waals surface area (Å²) < 4.78 is 38.5. The Bertz CT molecular complexity index is 513. The molecule has 2 atom stereocenters. The third kappa shape index (κ3) is 11.7. The molecule has 0 spiro atoms. The second kappa shape index (κ2) is 19.7. The molecular formula is C23H48O9SSi2. The first-order valence-corrected chi connectivity index (χ1v) is 17.2. The highest BCUT2D eigenvalue weighted by molar-refractivity contribution is 7.99. The number of ether oxygens (including phenoxy) is 1. The van der Waals surface area contributed by atoms with Gasteiger partial charge in [0, 0.05) is 66.6 Å². The monoisotopic (exact) mass is 556 g/mol. The van der Waals surface area contributed by atoms with Gasteiger partial charge in [0.1, 0.15) is 0 Å². The lowest BCUT2D eigenvalue weighted by Crippen LogP contribution is -2.48. The van der Waals surface area contributed by atoms with E-state index in [0.29, 0.717) is 30.3 Å². The summed E-state index contributed by atoms with van der Waals surface area (Å²) in [5, 5.41) is 0. The third-order valence-corrected chi connectivity index (χ3v) is 13.8. The molecule has 1 rings (SSSR count). The average molecular weight is 557 g/mol. The fourth-order valence-corrected chi connectivity index (χ4v) is 11.2. The molecule has 0 aliphatic carbocycles. The summed E-state index contributed by atoms with van der Waals surface area (Å²) in [6.07, 6.45) is 7.85. The van der Waals surface area contributed by atoms with E-state index in [-0.39, 0.29) is 11.9 Å². The number of hydrogen-bond donors (Lipinski definition) is 0. The number of carbonyl (C=O) groups excluding carboxylic acids is 2. The van der Waals surface area contributed by atoms with Crippen molar-refractivity contribution in [2.24, 2.45) is 0 Å². The van der Waals surface area contributed by atoms with Crippen molar-refractivity contribution in [3.8, 4) is 0 Å². The molecule has 1 heterocycles. The molecule has 0 amide bonds. The minimum Gasteiger partial charge on any atom is -0.393 e. The Hall–Kier alpha value is -0.316. The SMILES string of the molecule is CCCC(CCSCCC(CCC)[Si](OC)(OC)OC)[Si](OC)(OC)OC.O=C1CCCC(=O)O1. The Morgan fingerprint density at radius 3 is 1.26 bits per heavy atom. The minimum atomic E-state index is -2.58. The Labute approximate surface area is 219 Å². The third-order valence-electron chi connectivity index (χ3n) is 6.19. The summed E-state index contributed by atoms with van der Waals surface area (Å²) >= 11 is 1.97. The van der Waals surface area contributed by atoms with Crippen LogP contribution in [0.4, 0.5) is 0 Å². The van der Waals surface area contributed by atoms with Crippen molar-refractivity contribution in [1.29, 1.82) is 0 Å². The molecule has 12 heteroatoms. The standard InChI is InChI=1S/C18H42O6SSi2.C5H6O3/c1-9-11-17(26(19-3,20-4)21-5)13-15-25-16-14-18(12-10-2)27(22-6,23-7)24-8;6-4-2-1-3-5(7)8-4/h17-18H,9-16H2,1-8H3;1-3H2. The molecule has 9 nitrogen and oxygen atoms in total. The zero-order valence-electron chi connectivity index (χ0n) is 23.0. The van der Waals surface area contributed by atoms with Crippen LogP contribution in [-0.4, -0.2) is 83.7 Å². The Kier molecular flexibility index (Phi) is 19.6. The smallest absolute Gasteiger partial charge is 0.393 e. The number of carbonyl (C=O) groups is 2. The van der Waals surface area contributed by atoms with Crippen molar-refractivity contribution in [1.82, 2.24) is 0 Å². The van der Waals surface area contributed by atoms with Crippen molar-refractivity contribution in [2.75, 3.05) is 54.2 Å². The molecular weight excluding hydrogens is 508 g/mol. The quantitative estimate of drug-likeness (QED) is 0.101. The molecule has 0 bridgehead atoms. The Balaban J connectivity index is 0.00000121. The van der Waals surface area contributed by atoms with Crippen LogP contribution in [0.15, 0.2) is 0 Å². The first-order valence-electron chi connectivity index (χ1n) is 12.4. The summed E-state index contributed by atoms with van der Waals surface area (Å²) in [6, 6.07) is 0. The minimum absolute atomic E-state index is 0.340. The van der Waals surface area contributed by atoms with E-state index >= 15 is 0 Å². The van der Waals surface area contributed by atoms with Crippen LogP contribution in [0.1, 0.15) is 71.6 Å². The van der Waals surface area contributed by atoms with Crippen LogP contribution in [0.25, 0.3) is 0 Å². The van der Waals surface area contributed by atoms with E-state index in [4.69, 9.17) is 26.6 Å². The van der Waals surface area contributed by atoms with Crippen molar-refractivity contribution >= 4 is 41.3 Å². The first-order chi connectivity index (χ1) is 16.8. The van der Waals surface area contributed by atoms with Gasteiger partial charge in [-0.2, -0.15) is 11.8 Å². The number of hydrogen-bond acceptors (Lipinski definition) is 10. The fraction of sp³-hybridized carbons (Fsp3) is 0.913. The Morgan fingerprint density at radius 1 is 0.686 bits per heavy atom. The molecule has 0 aromatic carbocycles. The van der Waals surface area contributed by atoms with E-state index in [1.54, 1.807) is 42.7 Å². The summed E-state index contributed by atoms with van der Waals surface area (Å²) in [5.74, 6) is 1.36. The van der Waals surface area contributed by atoms with Crippen LogP contribution in [0, 0.1) is 0 Å². The van der Waals surface area contributed by atoms with Gasteiger partial charge in [0.25, 0.3) is 0 Å². The molecule has 35 heavy (non-hydrogen) atoms. The van der Waals surface area contributed by atoms with Gasteiger partial charge >= 0.3 is 29.5 Å². The molecule has 208 valence electrons. The summed E-state index contributed by atoms with van der Waals surface area (Å²) in [6.45, 7) is 4.39. The van der Waals surface area contributed by atoms with E-state index < -0.39 is 17.6 Å². The molecule has 1 saturated heterocycles. The summed E-state index contributed by atoms with van der Waals surface area (Å²) in [4.78, 5) is 20.5. The number of esters is 2. The predicted molar refractivity (Wildman–Crippen MR) is 142 cm³/mol. The zero-order chi connectivity index (χ0) is 26.7. The largest absolute Gasteiger partial charge is 0.503 e. The topological polar surface area (TPSA) is 98.8 Å². The van der Waals surface area contributed by atoms with Gasteiger partial charge < -0.3 is 31.3 Å². The van der Waals surface area contributed by atoms with Gasteiger partial charge in [0.05, 0.1) is 0 Å². The van der Waals surface area contributed by atoms with Crippen LogP contribution in [0.5, 0.6) is 0 Å². The van der Waals surface area contributed by atoms with E-state index in [1.807, 2.05) is 11.8 Å². The van der Waals surface area contributed by atoms with Crippen LogP contribution < -0.4 is 0 Å². The maximum Gasteiger partial charge on any atom is 0.503 e. The van der Waals surface area contributed by atoms with Gasteiger partial charge in [-0.1, -0.05) is 26.7 Å². The molecule has 1 aliphatic heterocycles. The summed E-state index contributed by atoms with van der Waals surface area (Å²) in [5.41, 5.74) is 0.679. The van der Waals surface area contributed by atoms with E-state index in [2.05, 4.69) is 18.6 Å². The number of thioether (sulfide) groups is 1. The molecule has 0 radical (unpaired) electrons. The average Bonchev–Trinajstić information content (AvgIpc) is 2.86. The lowest BCUT2D eigenvalue weighted by molar-refractivity contribution is -0.163. The van der Waals surface area contributed by atoms with Gasteiger partial charge in [-0.25, -0.2) is 0 Å². The second-order valence-electron chi connectivity index (χ2n) is 8.29. The predicted octanol–water partition coefficient (Wildman–Crippen LogP) is 4.84. The lowest BCUT2D eigenvalue weighted by Gasteiger charge is -2.33. The highest BCUT2D eigenvalue weighted by Gasteiger charge is 2.47. The fourth-order valence-electron chi connectivity index (χ4n) is 4.35. The first kappa shape index (κ1) is 34.7. The van der Waals surface area contributed by atoms with Crippen molar-refractivity contribution in [2.45, 2.75) is 82.7 Å². The van der Waals surface area contributed by atoms with Crippen LogP contribution in [0.2, 0.25) is 11.1 Å². The van der Waals surface area contributed by atoms with Crippen molar-refractivity contribution in [3.05, 3.63) is 0 Å². The van der Waals surface area contributed by atoms with Gasteiger partial charge in [-0.05, 0) is 43.6 Å². The molecule has 0 aromatic rings. The lowest BCUT2D eigenvalue weighted by atomic mass is 10.2. The molecule has 2 unspecified atom stereocenters. The van der Waals surface area contributed by atoms with Crippen LogP contribution >= 0.6 is 11.8 Å². The maximum absolute atomic E-state index is 10.2.